The first-order valence-electron chi connectivity index (χ1n) is 11.2. The van der Waals surface area contributed by atoms with Gasteiger partial charge in [0.15, 0.2) is 11.5 Å². The number of nitrogens with zero attached hydrogens (tertiary/aromatic N) is 2. The summed E-state index contributed by atoms with van der Waals surface area (Å²) < 4.78 is 18.6. The Kier molecular flexibility index (Phi) is 7.32. The maximum absolute atomic E-state index is 12.8. The number of amides is 1. The minimum atomic E-state index is -0.281. The molecule has 0 aliphatic rings. The second-order valence-corrected chi connectivity index (χ2v) is 7.93. The standard InChI is InChI=1S/C27H29N3O4/c1-19(28-26(31)18-20-13-14-24(32-2)25(17-20)33-3)27-29-22-11-7-8-12-23(22)30(27)15-16-34-21-9-5-4-6-10-21/h4-14,17,19H,15-16,18H2,1-3H3,(H,28,31). The van der Waals surface area contributed by atoms with Crippen molar-refractivity contribution in [3.63, 3.8) is 0 Å². The van der Waals surface area contributed by atoms with E-state index in [1.165, 1.54) is 0 Å². The van der Waals surface area contributed by atoms with Gasteiger partial charge in [-0.1, -0.05) is 36.4 Å². The van der Waals surface area contributed by atoms with Crippen LogP contribution < -0.4 is 19.5 Å². The molecule has 0 aliphatic carbocycles. The van der Waals surface area contributed by atoms with Crippen LogP contribution in [-0.4, -0.2) is 36.3 Å². The van der Waals surface area contributed by atoms with E-state index in [-0.39, 0.29) is 18.4 Å². The van der Waals surface area contributed by atoms with Gasteiger partial charge in [0.2, 0.25) is 5.91 Å². The van der Waals surface area contributed by atoms with E-state index < -0.39 is 0 Å². The summed E-state index contributed by atoms with van der Waals surface area (Å²) >= 11 is 0. The molecule has 1 amide bonds. The third-order valence-corrected chi connectivity index (χ3v) is 5.59. The zero-order valence-electron chi connectivity index (χ0n) is 19.7. The van der Waals surface area contributed by atoms with Gasteiger partial charge in [-0.15, -0.1) is 0 Å². The molecule has 1 N–H and O–H groups in total. The van der Waals surface area contributed by atoms with Gasteiger partial charge in [-0.2, -0.15) is 0 Å². The Hall–Kier alpha value is -4.00. The number of fused-ring (bicyclic) bond motifs is 1. The molecule has 0 bridgehead atoms. The fourth-order valence-corrected chi connectivity index (χ4v) is 3.96. The third-order valence-electron chi connectivity index (χ3n) is 5.59. The fraction of sp³-hybridized carbons (Fsp3) is 0.259. The minimum absolute atomic E-state index is 0.0983. The zero-order valence-corrected chi connectivity index (χ0v) is 19.7. The van der Waals surface area contributed by atoms with E-state index in [4.69, 9.17) is 19.2 Å². The van der Waals surface area contributed by atoms with Crippen LogP contribution >= 0.6 is 0 Å². The lowest BCUT2D eigenvalue weighted by molar-refractivity contribution is -0.121. The summed E-state index contributed by atoms with van der Waals surface area (Å²) in [7, 11) is 3.17. The molecule has 1 aromatic heterocycles. The summed E-state index contributed by atoms with van der Waals surface area (Å²) in [6, 6.07) is 22.9. The Morgan fingerprint density at radius 3 is 2.47 bits per heavy atom. The van der Waals surface area contributed by atoms with E-state index in [1.54, 1.807) is 20.3 Å². The highest BCUT2D eigenvalue weighted by Crippen LogP contribution is 2.28. The molecule has 0 fully saturated rings. The van der Waals surface area contributed by atoms with E-state index >= 15 is 0 Å². The summed E-state index contributed by atoms with van der Waals surface area (Å²) in [6.45, 7) is 3.05. The molecule has 1 atom stereocenters. The molecule has 4 aromatic rings. The SMILES string of the molecule is COc1ccc(CC(=O)NC(C)c2nc3ccccc3n2CCOc2ccccc2)cc1OC. The quantitative estimate of drug-likeness (QED) is 0.377. The highest BCUT2D eigenvalue weighted by molar-refractivity contribution is 5.80. The second kappa shape index (κ2) is 10.7. The molecular formula is C27H29N3O4. The number of ether oxygens (including phenoxy) is 3. The van der Waals surface area contributed by atoms with Crippen molar-refractivity contribution in [2.45, 2.75) is 25.9 Å². The Morgan fingerprint density at radius 2 is 1.71 bits per heavy atom. The lowest BCUT2D eigenvalue weighted by Gasteiger charge is -2.17. The zero-order chi connectivity index (χ0) is 23.9. The van der Waals surface area contributed by atoms with Crippen LogP contribution in [0.15, 0.2) is 72.8 Å². The van der Waals surface area contributed by atoms with E-state index in [9.17, 15) is 4.79 Å². The predicted molar refractivity (Wildman–Crippen MR) is 131 cm³/mol. The van der Waals surface area contributed by atoms with Crippen LogP contribution in [0.5, 0.6) is 17.2 Å². The molecule has 0 saturated carbocycles. The van der Waals surface area contributed by atoms with Gasteiger partial charge < -0.3 is 24.1 Å². The van der Waals surface area contributed by atoms with Gasteiger partial charge in [0, 0.05) is 0 Å². The predicted octanol–water partition coefficient (Wildman–Crippen LogP) is 4.55. The van der Waals surface area contributed by atoms with Gasteiger partial charge in [0.25, 0.3) is 0 Å². The molecule has 0 saturated heterocycles. The number of hydrogen-bond acceptors (Lipinski definition) is 5. The molecule has 176 valence electrons. The Bertz CT molecular complexity index is 1250. The van der Waals surface area contributed by atoms with E-state index in [1.807, 2.05) is 73.7 Å². The first kappa shape index (κ1) is 23.2. The van der Waals surface area contributed by atoms with Crippen LogP contribution in [0.25, 0.3) is 11.0 Å². The molecule has 1 unspecified atom stereocenters. The third kappa shape index (κ3) is 5.31. The molecular weight excluding hydrogens is 430 g/mol. The normalized spacial score (nSPS) is 11.7. The van der Waals surface area contributed by atoms with Crippen molar-refractivity contribution in [3.05, 3.63) is 84.2 Å². The number of carbonyl (C=O) groups excluding carboxylic acids is 1. The second-order valence-electron chi connectivity index (χ2n) is 7.93. The number of rotatable bonds is 10. The van der Waals surface area contributed by atoms with Crippen molar-refractivity contribution in [2.24, 2.45) is 0 Å². The molecule has 34 heavy (non-hydrogen) atoms. The topological polar surface area (TPSA) is 74.6 Å². The van der Waals surface area contributed by atoms with Crippen molar-refractivity contribution in [2.75, 3.05) is 20.8 Å². The fourth-order valence-electron chi connectivity index (χ4n) is 3.96. The van der Waals surface area contributed by atoms with Crippen molar-refractivity contribution in [3.8, 4) is 17.2 Å². The van der Waals surface area contributed by atoms with Crippen LogP contribution in [0, 0.1) is 0 Å². The Balaban J connectivity index is 1.47. The number of aromatic nitrogens is 2. The van der Waals surface area contributed by atoms with Crippen LogP contribution in [0.4, 0.5) is 0 Å². The summed E-state index contributed by atoms with van der Waals surface area (Å²) in [6.07, 6.45) is 0.224. The largest absolute Gasteiger partial charge is 0.493 e. The van der Waals surface area contributed by atoms with Crippen LogP contribution in [0.2, 0.25) is 0 Å². The number of benzene rings is 3. The summed E-state index contributed by atoms with van der Waals surface area (Å²) in [5, 5.41) is 3.09. The van der Waals surface area contributed by atoms with Gasteiger partial charge in [0.1, 0.15) is 18.2 Å². The summed E-state index contributed by atoms with van der Waals surface area (Å²) in [4.78, 5) is 17.6. The van der Waals surface area contributed by atoms with Gasteiger partial charge in [-0.05, 0) is 48.9 Å². The molecule has 3 aromatic carbocycles. The van der Waals surface area contributed by atoms with Crippen molar-refractivity contribution >= 4 is 16.9 Å². The molecule has 0 spiro atoms. The van der Waals surface area contributed by atoms with E-state index in [0.29, 0.717) is 24.7 Å². The number of carbonyl (C=O) groups is 1. The first-order valence-corrected chi connectivity index (χ1v) is 11.2. The molecule has 1 heterocycles. The number of methoxy groups -OCH3 is 2. The number of imidazole rings is 1. The highest BCUT2D eigenvalue weighted by atomic mass is 16.5. The number of hydrogen-bond donors (Lipinski definition) is 1. The molecule has 7 nitrogen and oxygen atoms in total. The Morgan fingerprint density at radius 1 is 0.971 bits per heavy atom. The lowest BCUT2D eigenvalue weighted by Crippen LogP contribution is -2.30. The highest BCUT2D eigenvalue weighted by Gasteiger charge is 2.19. The molecule has 0 radical (unpaired) electrons. The van der Waals surface area contributed by atoms with Gasteiger partial charge in [0.05, 0.1) is 44.3 Å². The number of para-hydroxylation sites is 3. The monoisotopic (exact) mass is 459 g/mol. The van der Waals surface area contributed by atoms with Crippen LogP contribution in [0.1, 0.15) is 24.4 Å². The summed E-state index contributed by atoms with van der Waals surface area (Å²) in [5.41, 5.74) is 2.74. The molecule has 4 rings (SSSR count). The molecule has 0 aliphatic heterocycles. The maximum Gasteiger partial charge on any atom is 0.224 e. The van der Waals surface area contributed by atoms with Crippen molar-refractivity contribution in [1.82, 2.24) is 14.9 Å². The van der Waals surface area contributed by atoms with Crippen molar-refractivity contribution < 1.29 is 19.0 Å². The van der Waals surface area contributed by atoms with E-state index in [2.05, 4.69) is 9.88 Å². The maximum atomic E-state index is 12.8. The van der Waals surface area contributed by atoms with Gasteiger partial charge in [-0.25, -0.2) is 4.98 Å². The minimum Gasteiger partial charge on any atom is -0.493 e. The molecule has 7 heteroatoms. The summed E-state index contributed by atoms with van der Waals surface area (Å²) in [5.74, 6) is 2.75. The van der Waals surface area contributed by atoms with E-state index in [0.717, 1.165) is 28.2 Å². The van der Waals surface area contributed by atoms with Gasteiger partial charge >= 0.3 is 0 Å². The lowest BCUT2D eigenvalue weighted by atomic mass is 10.1. The van der Waals surface area contributed by atoms with Gasteiger partial charge in [-0.3, -0.25) is 4.79 Å². The Labute approximate surface area is 199 Å². The van der Waals surface area contributed by atoms with Crippen LogP contribution in [-0.2, 0) is 17.8 Å². The van der Waals surface area contributed by atoms with Crippen molar-refractivity contribution in [1.29, 1.82) is 0 Å². The average molecular weight is 460 g/mol. The average Bonchev–Trinajstić information content (AvgIpc) is 3.23. The van der Waals surface area contributed by atoms with Crippen LogP contribution in [0.3, 0.4) is 0 Å². The smallest absolute Gasteiger partial charge is 0.224 e. The first-order chi connectivity index (χ1) is 16.6. The number of nitrogens with one attached hydrogen (secondary N) is 1.